The number of thioether (sulfide) groups is 1. The highest BCUT2D eigenvalue weighted by Crippen LogP contribution is 2.46. The molecule has 2 aliphatic heterocycles. The quantitative estimate of drug-likeness (QED) is 0.650. The second kappa shape index (κ2) is 10.5. The number of rotatable bonds is 5. The summed E-state index contributed by atoms with van der Waals surface area (Å²) < 4.78 is 50.8. The molecule has 6 nitrogen and oxygen atoms in total. The molecule has 2 fully saturated rings. The molecule has 0 saturated carbocycles. The second-order valence-electron chi connectivity index (χ2n) is 7.81. The van der Waals surface area contributed by atoms with Gasteiger partial charge in [-0.3, -0.25) is 9.78 Å². The molecule has 1 aromatic heterocycles. The first kappa shape index (κ1) is 25.0. The average molecular weight is 486 g/mol. The second-order valence-corrected chi connectivity index (χ2v) is 9.30. The summed E-state index contributed by atoms with van der Waals surface area (Å²) in [6.45, 7) is 2.09. The number of pyridine rings is 1. The van der Waals surface area contributed by atoms with E-state index in [0.717, 1.165) is 36.5 Å². The fourth-order valence-electron chi connectivity index (χ4n) is 3.53. The minimum Gasteiger partial charge on any atom is -0.475 e. The van der Waals surface area contributed by atoms with Crippen molar-refractivity contribution in [1.82, 2.24) is 9.88 Å². The summed E-state index contributed by atoms with van der Waals surface area (Å²) in [5.74, 6) is -1.95. The number of alkyl halides is 3. The van der Waals surface area contributed by atoms with Gasteiger partial charge < -0.3 is 14.7 Å². The van der Waals surface area contributed by atoms with Gasteiger partial charge in [-0.15, -0.1) is 11.8 Å². The van der Waals surface area contributed by atoms with E-state index >= 15 is 0 Å². The number of nitrogens with zero attached hydrogens (tertiary/aromatic N) is 2. The highest BCUT2D eigenvalue weighted by molar-refractivity contribution is 8.01. The third-order valence-corrected chi connectivity index (χ3v) is 6.77. The maximum Gasteiger partial charge on any atom is 0.490 e. The molecule has 0 aliphatic carbocycles. The predicted molar refractivity (Wildman–Crippen MR) is 113 cm³/mol. The predicted octanol–water partition coefficient (Wildman–Crippen LogP) is 3.70. The molecule has 178 valence electrons. The third kappa shape index (κ3) is 7.16. The van der Waals surface area contributed by atoms with Gasteiger partial charge in [-0.1, -0.05) is 18.2 Å². The van der Waals surface area contributed by atoms with Crippen LogP contribution < -0.4 is 0 Å². The maximum atomic E-state index is 13.0. The highest BCUT2D eigenvalue weighted by atomic mass is 32.2. The summed E-state index contributed by atoms with van der Waals surface area (Å²) in [5, 5.41) is 7.12. The first-order chi connectivity index (χ1) is 15.6. The molecule has 1 N–H and O–H groups in total. The molecule has 3 heterocycles. The monoisotopic (exact) mass is 486 g/mol. The summed E-state index contributed by atoms with van der Waals surface area (Å²) in [4.78, 5) is 27.5. The Morgan fingerprint density at radius 1 is 1.18 bits per heavy atom. The van der Waals surface area contributed by atoms with Gasteiger partial charge in [0.1, 0.15) is 5.82 Å². The molecule has 33 heavy (non-hydrogen) atoms. The van der Waals surface area contributed by atoms with Crippen molar-refractivity contribution in [1.29, 1.82) is 0 Å². The van der Waals surface area contributed by atoms with Crippen molar-refractivity contribution in [3.63, 3.8) is 0 Å². The van der Waals surface area contributed by atoms with Crippen LogP contribution in [0.4, 0.5) is 17.6 Å². The summed E-state index contributed by atoms with van der Waals surface area (Å²) in [7, 11) is 0. The van der Waals surface area contributed by atoms with Gasteiger partial charge in [0.25, 0.3) is 0 Å². The molecule has 1 amide bonds. The van der Waals surface area contributed by atoms with Crippen molar-refractivity contribution in [2.24, 2.45) is 0 Å². The number of carboxylic acid groups (broad SMARTS) is 1. The van der Waals surface area contributed by atoms with E-state index in [1.54, 1.807) is 18.3 Å². The first-order valence-electron chi connectivity index (χ1n) is 10.0. The van der Waals surface area contributed by atoms with Gasteiger partial charge in [0.2, 0.25) is 5.91 Å². The Kier molecular flexibility index (Phi) is 7.96. The number of aromatic nitrogens is 1. The fourth-order valence-corrected chi connectivity index (χ4v) is 5.08. The number of likely N-dealkylation sites (tertiary alicyclic amines) is 1. The minimum atomic E-state index is -5.08. The Morgan fingerprint density at radius 3 is 2.42 bits per heavy atom. The number of benzene rings is 1. The fraction of sp³-hybridized carbons (Fsp3) is 0.409. The number of aliphatic carboxylic acids is 1. The third-order valence-electron chi connectivity index (χ3n) is 5.19. The zero-order chi connectivity index (χ0) is 24.1. The lowest BCUT2D eigenvalue weighted by molar-refractivity contribution is -0.192. The Hall–Kier alpha value is -2.66. The number of amides is 1. The van der Waals surface area contributed by atoms with Crippen molar-refractivity contribution in [2.45, 2.75) is 36.5 Å². The van der Waals surface area contributed by atoms with Crippen LogP contribution >= 0.6 is 11.8 Å². The van der Waals surface area contributed by atoms with Crippen LogP contribution in [-0.2, 0) is 27.4 Å². The van der Waals surface area contributed by atoms with Gasteiger partial charge in [-0.2, -0.15) is 13.2 Å². The SMILES string of the molecule is O=C(Cc1ccc(F)cc1)N1CC2(CC(OCc3ccccn3)CS2)C1.O=C(O)C(F)(F)F. The molecule has 1 spiro atoms. The zero-order valence-corrected chi connectivity index (χ0v) is 18.2. The lowest BCUT2D eigenvalue weighted by Gasteiger charge is -2.47. The number of halogens is 4. The Labute approximate surface area is 191 Å². The van der Waals surface area contributed by atoms with E-state index in [1.165, 1.54) is 12.1 Å². The van der Waals surface area contributed by atoms with E-state index in [1.807, 2.05) is 34.9 Å². The number of carbonyl (C=O) groups is 2. The minimum absolute atomic E-state index is 0.112. The van der Waals surface area contributed by atoms with Crippen LogP contribution in [0.15, 0.2) is 48.7 Å². The number of carbonyl (C=O) groups excluding carboxylic acids is 1. The van der Waals surface area contributed by atoms with Gasteiger partial charge in [0, 0.05) is 25.0 Å². The van der Waals surface area contributed by atoms with Crippen LogP contribution in [0.25, 0.3) is 0 Å². The van der Waals surface area contributed by atoms with Crippen molar-refractivity contribution in [2.75, 3.05) is 18.8 Å². The van der Waals surface area contributed by atoms with Crippen molar-refractivity contribution in [3.05, 3.63) is 65.7 Å². The normalized spacial score (nSPS) is 18.9. The molecule has 1 unspecified atom stereocenters. The summed E-state index contributed by atoms with van der Waals surface area (Å²) in [5.41, 5.74) is 1.80. The standard InChI is InChI=1S/C20H21FN2O2S.C2HF3O2/c21-16-6-4-15(5-7-16)9-19(24)23-13-20(14-23)10-18(12-26-20)25-11-17-3-1-2-8-22-17;3-2(4,5)1(6)7/h1-8,18H,9-14H2;(H,6,7). The van der Waals surface area contributed by atoms with E-state index in [9.17, 15) is 22.4 Å². The average Bonchev–Trinajstić information content (AvgIpc) is 3.18. The molecule has 4 rings (SSSR count). The molecule has 0 bridgehead atoms. The number of hydrogen-bond donors (Lipinski definition) is 1. The number of hydrogen-bond acceptors (Lipinski definition) is 5. The van der Waals surface area contributed by atoms with E-state index in [-0.39, 0.29) is 22.6 Å². The van der Waals surface area contributed by atoms with E-state index in [4.69, 9.17) is 14.6 Å². The smallest absolute Gasteiger partial charge is 0.475 e. The van der Waals surface area contributed by atoms with Gasteiger partial charge >= 0.3 is 12.1 Å². The van der Waals surface area contributed by atoms with Gasteiger partial charge in [-0.05, 0) is 36.2 Å². The van der Waals surface area contributed by atoms with Gasteiger partial charge in [-0.25, -0.2) is 9.18 Å². The van der Waals surface area contributed by atoms with Crippen LogP contribution in [0.1, 0.15) is 17.7 Å². The van der Waals surface area contributed by atoms with Crippen LogP contribution in [0.5, 0.6) is 0 Å². The number of carboxylic acids is 1. The summed E-state index contributed by atoms with van der Waals surface area (Å²) >= 11 is 1.92. The van der Waals surface area contributed by atoms with E-state index in [2.05, 4.69) is 4.98 Å². The van der Waals surface area contributed by atoms with Crippen LogP contribution in [-0.4, -0.2) is 62.7 Å². The topological polar surface area (TPSA) is 79.7 Å². The molecule has 1 atom stereocenters. The first-order valence-corrected chi connectivity index (χ1v) is 11.0. The summed E-state index contributed by atoms with van der Waals surface area (Å²) in [6, 6.07) is 12.0. The van der Waals surface area contributed by atoms with E-state index in [0.29, 0.717) is 13.0 Å². The lowest BCUT2D eigenvalue weighted by atomic mass is 9.92. The van der Waals surface area contributed by atoms with Crippen molar-refractivity contribution < 1.29 is 37.0 Å². The van der Waals surface area contributed by atoms with Crippen LogP contribution in [0, 0.1) is 5.82 Å². The largest absolute Gasteiger partial charge is 0.490 e. The molecule has 2 aliphatic rings. The summed E-state index contributed by atoms with van der Waals surface area (Å²) in [6.07, 6.45) is -1.78. The lowest BCUT2D eigenvalue weighted by Crippen LogP contribution is -2.61. The Balaban J connectivity index is 0.000000383. The molecular weight excluding hydrogens is 464 g/mol. The molecule has 2 aromatic rings. The highest BCUT2D eigenvalue weighted by Gasteiger charge is 2.50. The van der Waals surface area contributed by atoms with Crippen molar-refractivity contribution in [3.8, 4) is 0 Å². The Bertz CT molecular complexity index is 951. The number of ether oxygens (including phenoxy) is 1. The van der Waals surface area contributed by atoms with E-state index < -0.39 is 12.1 Å². The molecule has 0 radical (unpaired) electrons. The van der Waals surface area contributed by atoms with Gasteiger partial charge in [0.05, 0.1) is 29.6 Å². The molecule has 1 aromatic carbocycles. The maximum absolute atomic E-state index is 13.0. The molecular formula is C22H22F4N2O4S. The molecule has 11 heteroatoms. The van der Waals surface area contributed by atoms with Gasteiger partial charge in [0.15, 0.2) is 0 Å². The van der Waals surface area contributed by atoms with Crippen molar-refractivity contribution >= 4 is 23.6 Å². The molecule has 2 saturated heterocycles. The van der Waals surface area contributed by atoms with Crippen LogP contribution in [0.2, 0.25) is 0 Å². The Morgan fingerprint density at radius 2 is 1.85 bits per heavy atom. The zero-order valence-electron chi connectivity index (χ0n) is 17.4. The van der Waals surface area contributed by atoms with Crippen LogP contribution in [0.3, 0.4) is 0 Å².